The standard InChI is InChI=1S/C25H26N4O2S/c30-24(20-8-6-19(7-9-20)14-18-4-2-1-3-5-18)29-16-22(17-29)27-21-10-12-28(15-21)25(31)23-26-11-13-32-23/h1-9,11,13,21-22,27H,10,12,14-17H2/t21-/m1/s1. The molecule has 5 rings (SSSR count). The zero-order valence-corrected chi connectivity index (χ0v) is 18.6. The molecule has 2 aliphatic rings. The first kappa shape index (κ1) is 20.8. The van der Waals surface area contributed by atoms with Crippen LogP contribution in [-0.2, 0) is 6.42 Å². The van der Waals surface area contributed by atoms with E-state index in [2.05, 4.69) is 22.4 Å². The molecular weight excluding hydrogens is 420 g/mol. The highest BCUT2D eigenvalue weighted by molar-refractivity contribution is 7.11. The summed E-state index contributed by atoms with van der Waals surface area (Å²) < 4.78 is 0. The zero-order valence-electron chi connectivity index (χ0n) is 17.8. The summed E-state index contributed by atoms with van der Waals surface area (Å²) in [6.45, 7) is 2.87. The summed E-state index contributed by atoms with van der Waals surface area (Å²) in [5.74, 6) is 0.103. The quantitative estimate of drug-likeness (QED) is 0.632. The second-order valence-corrected chi connectivity index (χ2v) is 9.40. The van der Waals surface area contributed by atoms with Gasteiger partial charge in [-0.3, -0.25) is 9.59 Å². The van der Waals surface area contributed by atoms with Crippen LogP contribution in [0.3, 0.4) is 0 Å². The van der Waals surface area contributed by atoms with Gasteiger partial charge >= 0.3 is 0 Å². The van der Waals surface area contributed by atoms with Crippen molar-refractivity contribution in [3.8, 4) is 0 Å². The van der Waals surface area contributed by atoms with Crippen molar-refractivity contribution in [2.45, 2.75) is 24.9 Å². The normalized spacial score (nSPS) is 18.6. The molecule has 2 amide bonds. The largest absolute Gasteiger partial charge is 0.335 e. The molecule has 3 aromatic rings. The van der Waals surface area contributed by atoms with Gasteiger partial charge in [-0.2, -0.15) is 0 Å². The molecule has 0 bridgehead atoms. The number of nitrogens with one attached hydrogen (secondary N) is 1. The van der Waals surface area contributed by atoms with Crippen molar-refractivity contribution < 1.29 is 9.59 Å². The highest BCUT2D eigenvalue weighted by Gasteiger charge is 2.35. The Morgan fingerprint density at radius 3 is 2.34 bits per heavy atom. The Morgan fingerprint density at radius 2 is 1.62 bits per heavy atom. The Balaban J connectivity index is 1.08. The monoisotopic (exact) mass is 446 g/mol. The molecule has 2 fully saturated rings. The van der Waals surface area contributed by atoms with Gasteiger partial charge in [0.2, 0.25) is 0 Å². The molecule has 164 valence electrons. The molecule has 2 aliphatic heterocycles. The number of hydrogen-bond acceptors (Lipinski definition) is 5. The fourth-order valence-corrected chi connectivity index (χ4v) is 5.01. The second-order valence-electron chi connectivity index (χ2n) is 8.51. The Kier molecular flexibility index (Phi) is 6.01. The highest BCUT2D eigenvalue weighted by atomic mass is 32.1. The highest BCUT2D eigenvalue weighted by Crippen LogP contribution is 2.19. The molecule has 2 saturated heterocycles. The summed E-state index contributed by atoms with van der Waals surface area (Å²) >= 11 is 1.38. The predicted octanol–water partition coefficient (Wildman–Crippen LogP) is 3.06. The van der Waals surface area contributed by atoms with Crippen molar-refractivity contribution in [3.63, 3.8) is 0 Å². The topological polar surface area (TPSA) is 65.5 Å². The number of rotatable bonds is 6. The summed E-state index contributed by atoms with van der Waals surface area (Å²) in [4.78, 5) is 33.1. The van der Waals surface area contributed by atoms with Crippen molar-refractivity contribution in [1.29, 1.82) is 0 Å². The number of carbonyl (C=O) groups excluding carboxylic acids is 2. The first-order valence-corrected chi connectivity index (χ1v) is 11.9. The molecule has 0 radical (unpaired) electrons. The van der Waals surface area contributed by atoms with Crippen molar-refractivity contribution >= 4 is 23.2 Å². The van der Waals surface area contributed by atoms with E-state index in [4.69, 9.17) is 0 Å². The van der Waals surface area contributed by atoms with Crippen LogP contribution in [0.5, 0.6) is 0 Å². The maximum absolute atomic E-state index is 12.8. The Bertz CT molecular complexity index is 1060. The van der Waals surface area contributed by atoms with Gasteiger partial charge in [0.05, 0.1) is 0 Å². The number of hydrogen-bond donors (Lipinski definition) is 1. The summed E-state index contributed by atoms with van der Waals surface area (Å²) in [7, 11) is 0. The Morgan fingerprint density at radius 1 is 0.906 bits per heavy atom. The van der Waals surface area contributed by atoms with Gasteiger partial charge in [-0.05, 0) is 36.1 Å². The van der Waals surface area contributed by atoms with Crippen molar-refractivity contribution in [2.24, 2.45) is 0 Å². The minimum atomic E-state index is 0.0189. The van der Waals surface area contributed by atoms with E-state index >= 15 is 0 Å². The maximum Gasteiger partial charge on any atom is 0.282 e. The molecule has 0 unspecified atom stereocenters. The summed E-state index contributed by atoms with van der Waals surface area (Å²) in [6.07, 6.45) is 3.47. The predicted molar refractivity (Wildman–Crippen MR) is 125 cm³/mol. The van der Waals surface area contributed by atoms with E-state index in [-0.39, 0.29) is 23.9 Å². The summed E-state index contributed by atoms with van der Waals surface area (Å²) in [5.41, 5.74) is 3.21. The molecule has 1 aromatic heterocycles. The van der Waals surface area contributed by atoms with Gasteiger partial charge in [-0.1, -0.05) is 42.5 Å². The Labute approximate surface area is 191 Å². The fraction of sp³-hybridized carbons (Fsp3) is 0.320. The van der Waals surface area contributed by atoms with Gasteiger partial charge in [0, 0.05) is 55.4 Å². The average Bonchev–Trinajstić information content (AvgIpc) is 3.49. The number of carbonyl (C=O) groups is 2. The van der Waals surface area contributed by atoms with E-state index in [1.165, 1.54) is 22.5 Å². The number of amides is 2. The van der Waals surface area contributed by atoms with Crippen LogP contribution >= 0.6 is 11.3 Å². The molecule has 32 heavy (non-hydrogen) atoms. The molecule has 2 aromatic carbocycles. The molecule has 3 heterocycles. The van der Waals surface area contributed by atoms with Crippen molar-refractivity contribution in [2.75, 3.05) is 26.2 Å². The van der Waals surface area contributed by atoms with Gasteiger partial charge < -0.3 is 15.1 Å². The first-order valence-electron chi connectivity index (χ1n) is 11.0. The van der Waals surface area contributed by atoms with Crippen LogP contribution in [-0.4, -0.2) is 64.9 Å². The minimum absolute atomic E-state index is 0.0189. The van der Waals surface area contributed by atoms with E-state index in [0.29, 0.717) is 24.6 Å². The van der Waals surface area contributed by atoms with Gasteiger partial charge in [0.15, 0.2) is 5.01 Å². The average molecular weight is 447 g/mol. The lowest BCUT2D eigenvalue weighted by atomic mass is 10.0. The lowest BCUT2D eigenvalue weighted by Crippen LogP contribution is -2.62. The molecule has 0 saturated carbocycles. The van der Waals surface area contributed by atoms with Crippen LogP contribution in [0.4, 0.5) is 0 Å². The smallest absolute Gasteiger partial charge is 0.282 e. The second kappa shape index (κ2) is 9.22. The Hall–Kier alpha value is -3.03. The lowest BCUT2D eigenvalue weighted by Gasteiger charge is -2.41. The number of likely N-dealkylation sites (tertiary alicyclic amines) is 2. The van der Waals surface area contributed by atoms with Gasteiger partial charge in [0.1, 0.15) is 0 Å². The van der Waals surface area contributed by atoms with E-state index in [1.54, 1.807) is 6.20 Å². The fourth-order valence-electron chi connectivity index (χ4n) is 4.41. The molecule has 7 heteroatoms. The third-order valence-corrected chi connectivity index (χ3v) is 6.94. The summed E-state index contributed by atoms with van der Waals surface area (Å²) in [6, 6.07) is 18.9. The maximum atomic E-state index is 12.8. The van der Waals surface area contributed by atoms with Crippen LogP contribution in [0.2, 0.25) is 0 Å². The minimum Gasteiger partial charge on any atom is -0.335 e. The third-order valence-electron chi connectivity index (χ3n) is 6.18. The SMILES string of the molecule is O=C(c1ccc(Cc2ccccc2)cc1)N1CC(N[C@@H]2CCN(C(=O)c3nccs3)C2)C1. The zero-order chi connectivity index (χ0) is 21.9. The van der Waals surface area contributed by atoms with E-state index < -0.39 is 0 Å². The molecule has 6 nitrogen and oxygen atoms in total. The van der Waals surface area contributed by atoms with Gasteiger partial charge in [-0.25, -0.2) is 4.98 Å². The molecule has 0 spiro atoms. The van der Waals surface area contributed by atoms with Crippen molar-refractivity contribution in [1.82, 2.24) is 20.1 Å². The molecule has 1 N–H and O–H groups in total. The van der Waals surface area contributed by atoms with Crippen LogP contribution in [0.25, 0.3) is 0 Å². The molecule has 1 atom stereocenters. The number of nitrogens with zero attached hydrogens (tertiary/aromatic N) is 3. The lowest BCUT2D eigenvalue weighted by molar-refractivity contribution is 0.0552. The van der Waals surface area contributed by atoms with Gasteiger partial charge in [-0.15, -0.1) is 11.3 Å². The first-order chi connectivity index (χ1) is 15.7. The number of benzene rings is 2. The number of aromatic nitrogens is 1. The summed E-state index contributed by atoms with van der Waals surface area (Å²) in [5, 5.41) is 6.00. The van der Waals surface area contributed by atoms with Crippen LogP contribution in [0, 0.1) is 0 Å². The molecule has 0 aliphatic carbocycles. The van der Waals surface area contributed by atoms with E-state index in [0.717, 1.165) is 24.9 Å². The van der Waals surface area contributed by atoms with Crippen LogP contribution in [0.15, 0.2) is 66.2 Å². The van der Waals surface area contributed by atoms with E-state index in [9.17, 15) is 9.59 Å². The van der Waals surface area contributed by atoms with Crippen LogP contribution in [0.1, 0.15) is 37.7 Å². The van der Waals surface area contributed by atoms with E-state index in [1.807, 2.05) is 57.6 Å². The number of thiazole rings is 1. The van der Waals surface area contributed by atoms with Crippen molar-refractivity contribution in [3.05, 3.63) is 87.9 Å². The third kappa shape index (κ3) is 4.59. The molecular formula is C25H26N4O2S. The van der Waals surface area contributed by atoms with Gasteiger partial charge in [0.25, 0.3) is 11.8 Å². The van der Waals surface area contributed by atoms with Crippen LogP contribution < -0.4 is 5.32 Å².